The first-order chi connectivity index (χ1) is 12.1. The fourth-order valence-corrected chi connectivity index (χ4v) is 4.41. The van der Waals surface area contributed by atoms with E-state index in [9.17, 15) is 4.79 Å². The number of nitrogens with one attached hydrogen (secondary N) is 2. The van der Waals surface area contributed by atoms with Gasteiger partial charge < -0.3 is 15.2 Å². The number of aromatic nitrogens is 2. The van der Waals surface area contributed by atoms with Crippen LogP contribution in [0.5, 0.6) is 0 Å². The van der Waals surface area contributed by atoms with Crippen LogP contribution in [-0.4, -0.2) is 34.6 Å². The molecule has 2 aromatic rings. The highest BCUT2D eigenvalue weighted by atomic mass is 16.2. The van der Waals surface area contributed by atoms with Crippen LogP contribution in [0.1, 0.15) is 54.1 Å². The minimum absolute atomic E-state index is 0.0243. The van der Waals surface area contributed by atoms with Crippen molar-refractivity contribution in [1.29, 1.82) is 0 Å². The summed E-state index contributed by atoms with van der Waals surface area (Å²) in [4.78, 5) is 17.5. The summed E-state index contributed by atoms with van der Waals surface area (Å²) in [6, 6.07) is 8.87. The Morgan fingerprint density at radius 1 is 1.28 bits per heavy atom. The molecule has 0 saturated carbocycles. The Morgan fingerprint density at radius 2 is 2.04 bits per heavy atom. The number of fused-ring (bicyclic) bond motifs is 4. The second-order valence-corrected chi connectivity index (χ2v) is 7.49. The van der Waals surface area contributed by atoms with Crippen molar-refractivity contribution in [2.75, 3.05) is 13.1 Å². The molecule has 4 rings (SSSR count). The molecule has 0 aliphatic carbocycles. The average Bonchev–Trinajstić information content (AvgIpc) is 3.00. The maximum atomic E-state index is 12.7. The van der Waals surface area contributed by atoms with Crippen LogP contribution in [0.4, 0.5) is 0 Å². The van der Waals surface area contributed by atoms with Gasteiger partial charge in [0.05, 0.1) is 11.6 Å². The largest absolute Gasteiger partial charge is 0.349 e. The van der Waals surface area contributed by atoms with Crippen molar-refractivity contribution in [2.24, 2.45) is 0 Å². The molecular weight excluding hydrogens is 312 g/mol. The summed E-state index contributed by atoms with van der Waals surface area (Å²) in [6.07, 6.45) is 4.75. The first-order valence-corrected chi connectivity index (χ1v) is 9.28. The van der Waals surface area contributed by atoms with E-state index >= 15 is 0 Å². The first kappa shape index (κ1) is 16.3. The van der Waals surface area contributed by atoms with Gasteiger partial charge in [0.1, 0.15) is 11.5 Å². The molecule has 1 fully saturated rings. The van der Waals surface area contributed by atoms with Crippen molar-refractivity contribution in [1.82, 2.24) is 20.2 Å². The molecule has 5 heteroatoms. The van der Waals surface area contributed by atoms with Gasteiger partial charge in [-0.2, -0.15) is 0 Å². The number of carbonyl (C=O) groups excluding carboxylic acids is 1. The van der Waals surface area contributed by atoms with E-state index < -0.39 is 0 Å². The highest BCUT2D eigenvalue weighted by molar-refractivity contribution is 5.92. The third-order valence-electron chi connectivity index (χ3n) is 5.53. The predicted molar refractivity (Wildman–Crippen MR) is 97.9 cm³/mol. The van der Waals surface area contributed by atoms with Crippen LogP contribution >= 0.6 is 0 Å². The highest BCUT2D eigenvalue weighted by Gasteiger charge is 2.43. The molecule has 0 bridgehead atoms. The van der Waals surface area contributed by atoms with E-state index in [4.69, 9.17) is 4.98 Å². The van der Waals surface area contributed by atoms with Crippen LogP contribution < -0.4 is 10.6 Å². The van der Waals surface area contributed by atoms with Crippen molar-refractivity contribution < 1.29 is 4.79 Å². The number of piperidine rings is 1. The van der Waals surface area contributed by atoms with E-state index in [1.165, 1.54) is 11.1 Å². The lowest BCUT2D eigenvalue weighted by Gasteiger charge is -2.37. The number of aryl methyl sites for hydroxylation is 1. The number of amides is 1. The second kappa shape index (κ2) is 6.30. The van der Waals surface area contributed by atoms with Crippen LogP contribution in [0.3, 0.4) is 0 Å². The Bertz CT molecular complexity index is 787. The Labute approximate surface area is 148 Å². The monoisotopic (exact) mass is 338 g/mol. The minimum atomic E-state index is -0.0886. The number of benzene rings is 1. The van der Waals surface area contributed by atoms with Crippen molar-refractivity contribution >= 4 is 5.91 Å². The van der Waals surface area contributed by atoms with Gasteiger partial charge in [0, 0.05) is 12.6 Å². The highest BCUT2D eigenvalue weighted by Crippen LogP contribution is 2.43. The van der Waals surface area contributed by atoms with E-state index in [0.29, 0.717) is 5.69 Å². The van der Waals surface area contributed by atoms with Crippen LogP contribution in [-0.2, 0) is 18.4 Å². The van der Waals surface area contributed by atoms with Gasteiger partial charge in [0.15, 0.2) is 0 Å². The molecule has 5 nitrogen and oxygen atoms in total. The quantitative estimate of drug-likeness (QED) is 0.883. The molecule has 0 unspecified atom stereocenters. The zero-order valence-electron chi connectivity index (χ0n) is 15.0. The molecule has 0 radical (unpaired) electrons. The van der Waals surface area contributed by atoms with Crippen LogP contribution in [0.2, 0.25) is 0 Å². The number of nitrogens with zero attached hydrogens (tertiary/aromatic N) is 2. The summed E-state index contributed by atoms with van der Waals surface area (Å²) in [7, 11) is 0. The summed E-state index contributed by atoms with van der Waals surface area (Å²) in [5.41, 5.74) is 3.39. The Hall–Kier alpha value is -2.14. The summed E-state index contributed by atoms with van der Waals surface area (Å²) in [5.74, 6) is 1.04. The van der Waals surface area contributed by atoms with Crippen molar-refractivity contribution in [3.63, 3.8) is 0 Å². The fraction of sp³-hybridized carbons (Fsp3) is 0.500. The summed E-state index contributed by atoms with van der Waals surface area (Å²) in [6.45, 7) is 6.75. The lowest BCUT2D eigenvalue weighted by molar-refractivity contribution is 0.0933. The molecule has 2 aliphatic heterocycles. The van der Waals surface area contributed by atoms with Gasteiger partial charge in [-0.1, -0.05) is 24.3 Å². The molecule has 2 aliphatic rings. The van der Waals surface area contributed by atoms with Crippen molar-refractivity contribution in [3.8, 4) is 0 Å². The summed E-state index contributed by atoms with van der Waals surface area (Å²) < 4.78 is 2.17. The van der Waals surface area contributed by atoms with Crippen LogP contribution in [0.15, 0.2) is 30.5 Å². The van der Waals surface area contributed by atoms with Crippen LogP contribution in [0, 0.1) is 0 Å². The Kier molecular flexibility index (Phi) is 4.12. The van der Waals surface area contributed by atoms with Gasteiger partial charge in [-0.15, -0.1) is 0 Å². The van der Waals surface area contributed by atoms with Gasteiger partial charge in [0.2, 0.25) is 0 Å². The molecule has 2 N–H and O–H groups in total. The Balaban J connectivity index is 1.85. The number of carbonyl (C=O) groups is 1. The number of hydrogen-bond acceptors (Lipinski definition) is 3. The maximum Gasteiger partial charge on any atom is 0.269 e. The van der Waals surface area contributed by atoms with Gasteiger partial charge in [0.25, 0.3) is 5.91 Å². The molecule has 1 aromatic heterocycles. The third kappa shape index (κ3) is 2.67. The zero-order valence-corrected chi connectivity index (χ0v) is 15.0. The lowest BCUT2D eigenvalue weighted by Crippen LogP contribution is -2.42. The number of imidazole rings is 1. The molecule has 1 spiro atoms. The van der Waals surface area contributed by atoms with Gasteiger partial charge in [-0.25, -0.2) is 4.98 Å². The minimum Gasteiger partial charge on any atom is -0.349 e. The molecule has 3 heterocycles. The topological polar surface area (TPSA) is 59.0 Å². The molecule has 132 valence electrons. The maximum absolute atomic E-state index is 12.7. The molecule has 0 atom stereocenters. The van der Waals surface area contributed by atoms with E-state index in [1.807, 2.05) is 13.8 Å². The number of hydrogen-bond donors (Lipinski definition) is 2. The Morgan fingerprint density at radius 3 is 2.80 bits per heavy atom. The lowest BCUT2D eigenvalue weighted by atomic mass is 9.71. The average molecular weight is 338 g/mol. The fourth-order valence-electron chi connectivity index (χ4n) is 4.41. The van der Waals surface area contributed by atoms with Crippen molar-refractivity contribution in [3.05, 3.63) is 53.1 Å². The van der Waals surface area contributed by atoms with Gasteiger partial charge in [-0.05, 0) is 57.3 Å². The van der Waals surface area contributed by atoms with E-state index in [-0.39, 0.29) is 17.4 Å². The van der Waals surface area contributed by atoms with E-state index in [0.717, 1.165) is 44.7 Å². The first-order valence-electron chi connectivity index (χ1n) is 9.28. The van der Waals surface area contributed by atoms with E-state index in [2.05, 4.69) is 39.5 Å². The molecule has 1 amide bonds. The number of rotatable bonds is 2. The third-order valence-corrected chi connectivity index (χ3v) is 5.53. The smallest absolute Gasteiger partial charge is 0.269 e. The molecular formula is C20H26N4O. The molecule has 1 saturated heterocycles. The summed E-state index contributed by atoms with van der Waals surface area (Å²) >= 11 is 0. The van der Waals surface area contributed by atoms with Crippen LogP contribution in [0.25, 0.3) is 0 Å². The molecule has 25 heavy (non-hydrogen) atoms. The van der Waals surface area contributed by atoms with Gasteiger partial charge in [-0.3, -0.25) is 4.79 Å². The summed E-state index contributed by atoms with van der Waals surface area (Å²) in [5, 5.41) is 6.49. The van der Waals surface area contributed by atoms with E-state index in [1.54, 1.807) is 6.20 Å². The second-order valence-electron chi connectivity index (χ2n) is 7.49. The zero-order chi connectivity index (χ0) is 17.4. The predicted octanol–water partition coefficient (Wildman–Crippen LogP) is 2.25. The molecule has 1 aromatic carbocycles. The normalized spacial score (nSPS) is 18.5. The standard InChI is InChI=1S/C20H26N4O/c1-14(2)23-18(25)17-13-22-19-20(8-10-21-11-9-20)16-6-4-3-5-15(16)7-12-24(17)19/h3-6,13-14,21H,7-12H2,1-2H3,(H,23,25). The van der Waals surface area contributed by atoms with Crippen molar-refractivity contribution in [2.45, 2.75) is 51.1 Å². The SMILES string of the molecule is CC(C)NC(=O)c1cnc2n1CCc1ccccc1C21CCNCC1. The van der Waals surface area contributed by atoms with Gasteiger partial charge >= 0.3 is 0 Å².